The summed E-state index contributed by atoms with van der Waals surface area (Å²) in [6, 6.07) is 16.8. The van der Waals surface area contributed by atoms with E-state index in [1.54, 1.807) is 6.92 Å². The molecule has 7 nitrogen and oxygen atoms in total. The van der Waals surface area contributed by atoms with Crippen molar-refractivity contribution in [1.29, 1.82) is 0 Å². The first-order chi connectivity index (χ1) is 17.3. The average molecular weight is 487 g/mol. The zero-order valence-electron chi connectivity index (χ0n) is 20.7. The first-order valence-electron chi connectivity index (χ1n) is 12.3. The number of carbonyl (C=O) groups excluding carboxylic acids is 1. The number of amides is 1. The van der Waals surface area contributed by atoms with Gasteiger partial charge in [-0.1, -0.05) is 30.3 Å². The highest BCUT2D eigenvalue weighted by Gasteiger charge is 2.30. The highest BCUT2D eigenvalue weighted by atomic mass is 16.5. The van der Waals surface area contributed by atoms with Crippen molar-refractivity contribution in [3.05, 3.63) is 93.2 Å². The van der Waals surface area contributed by atoms with E-state index in [4.69, 9.17) is 9.15 Å². The van der Waals surface area contributed by atoms with Gasteiger partial charge in [0, 0.05) is 35.6 Å². The van der Waals surface area contributed by atoms with Gasteiger partial charge >= 0.3 is 0 Å². The topological polar surface area (TPSA) is 95.8 Å². The van der Waals surface area contributed by atoms with E-state index in [9.17, 15) is 14.7 Å². The van der Waals surface area contributed by atoms with Gasteiger partial charge in [-0.15, -0.1) is 0 Å². The molecule has 0 fully saturated rings. The van der Waals surface area contributed by atoms with Crippen LogP contribution < -0.4 is 10.2 Å². The molecule has 0 bridgehead atoms. The van der Waals surface area contributed by atoms with E-state index in [0.717, 1.165) is 23.2 Å². The molecule has 36 heavy (non-hydrogen) atoms. The monoisotopic (exact) mass is 486 g/mol. The van der Waals surface area contributed by atoms with E-state index in [-0.39, 0.29) is 24.2 Å². The molecular formula is C29H30N2O5. The number of para-hydroxylation sites is 1. The number of aromatic amines is 1. The number of aromatic nitrogens is 1. The van der Waals surface area contributed by atoms with Gasteiger partial charge in [0.2, 0.25) is 17.1 Å². The van der Waals surface area contributed by atoms with Crippen molar-refractivity contribution in [3.8, 4) is 11.5 Å². The van der Waals surface area contributed by atoms with Gasteiger partial charge in [-0.3, -0.25) is 9.59 Å². The van der Waals surface area contributed by atoms with Crippen LogP contribution in [-0.4, -0.2) is 33.5 Å². The van der Waals surface area contributed by atoms with Crippen LogP contribution in [0.4, 0.5) is 0 Å². The first kappa shape index (κ1) is 23.7. The Morgan fingerprint density at radius 3 is 2.67 bits per heavy atom. The molecule has 0 spiro atoms. The van der Waals surface area contributed by atoms with E-state index in [2.05, 4.69) is 11.1 Å². The molecule has 1 amide bonds. The first-order valence-corrected chi connectivity index (χ1v) is 12.3. The molecule has 2 aromatic heterocycles. The van der Waals surface area contributed by atoms with E-state index in [0.29, 0.717) is 24.6 Å². The molecule has 0 saturated carbocycles. The Labute approximate surface area is 209 Å². The van der Waals surface area contributed by atoms with Crippen LogP contribution in [0, 0.1) is 6.92 Å². The molecule has 0 saturated heterocycles. The van der Waals surface area contributed by atoms with Crippen LogP contribution >= 0.6 is 0 Å². The molecule has 1 aliphatic rings. The van der Waals surface area contributed by atoms with Crippen LogP contribution in [0.2, 0.25) is 0 Å². The Morgan fingerprint density at radius 1 is 1.17 bits per heavy atom. The number of fused-ring (bicyclic) bond motifs is 3. The molecule has 1 aliphatic heterocycles. The number of aromatic hydroxyl groups is 1. The number of nitrogens with one attached hydrogen (secondary N) is 1. The number of ether oxygens (including phenoxy) is 1. The zero-order valence-corrected chi connectivity index (χ0v) is 20.7. The predicted molar refractivity (Wildman–Crippen MR) is 137 cm³/mol. The summed E-state index contributed by atoms with van der Waals surface area (Å²) in [7, 11) is 0. The van der Waals surface area contributed by atoms with E-state index < -0.39 is 17.1 Å². The minimum atomic E-state index is -0.623. The second kappa shape index (κ2) is 9.57. The molecule has 3 heterocycles. The summed E-state index contributed by atoms with van der Waals surface area (Å²) in [5, 5.41) is 11.8. The van der Waals surface area contributed by atoms with E-state index >= 15 is 0 Å². The number of carbonyl (C=O) groups is 1. The molecular weight excluding hydrogens is 456 g/mol. The lowest BCUT2D eigenvalue weighted by molar-refractivity contribution is -0.132. The fraction of sp³-hybridized carbons (Fsp3) is 0.310. The average Bonchev–Trinajstić information content (AvgIpc) is 3.23. The zero-order chi connectivity index (χ0) is 25.4. The van der Waals surface area contributed by atoms with Crippen molar-refractivity contribution in [3.63, 3.8) is 0 Å². The number of hydrogen-bond acceptors (Lipinski definition) is 5. The van der Waals surface area contributed by atoms with Crippen molar-refractivity contribution in [2.24, 2.45) is 0 Å². The molecule has 5 rings (SSSR count). The Morgan fingerprint density at radius 2 is 1.92 bits per heavy atom. The summed E-state index contributed by atoms with van der Waals surface area (Å²) in [6.07, 6.45) is 0.850. The summed E-state index contributed by atoms with van der Waals surface area (Å²) in [5.74, 6) is 0.0335. The molecule has 2 N–H and O–H groups in total. The SMILES string of the molecule is Cc1cc(=O)c(O)c(C(CC(=O)N2CCc3c([nH]c4ccccc34)C2)c2ccc(OC(C)C)cc2)o1. The number of benzene rings is 2. The van der Waals surface area contributed by atoms with Gasteiger partial charge in [0.25, 0.3) is 0 Å². The summed E-state index contributed by atoms with van der Waals surface area (Å²) in [4.78, 5) is 31.2. The lowest BCUT2D eigenvalue weighted by Gasteiger charge is -2.29. The summed E-state index contributed by atoms with van der Waals surface area (Å²) < 4.78 is 11.6. The molecule has 186 valence electrons. The third kappa shape index (κ3) is 4.61. The number of hydrogen-bond donors (Lipinski definition) is 2. The van der Waals surface area contributed by atoms with Crippen LogP contribution in [0.3, 0.4) is 0 Å². The van der Waals surface area contributed by atoms with Gasteiger partial charge < -0.3 is 24.1 Å². The quantitative estimate of drug-likeness (QED) is 0.399. The third-order valence-electron chi connectivity index (χ3n) is 6.66. The van der Waals surface area contributed by atoms with Crippen LogP contribution in [0.5, 0.6) is 11.5 Å². The molecule has 1 unspecified atom stereocenters. The van der Waals surface area contributed by atoms with Crippen molar-refractivity contribution >= 4 is 16.8 Å². The second-order valence-corrected chi connectivity index (χ2v) is 9.62. The van der Waals surface area contributed by atoms with Gasteiger partial charge in [0.05, 0.1) is 18.6 Å². The lowest BCUT2D eigenvalue weighted by Crippen LogP contribution is -2.36. The van der Waals surface area contributed by atoms with Crippen LogP contribution in [-0.2, 0) is 17.8 Å². The third-order valence-corrected chi connectivity index (χ3v) is 6.66. The Hall–Kier alpha value is -4.00. The standard InChI is InChI=1S/C29H30N2O5/c1-17(2)35-20-10-8-19(9-11-20)23(29-28(34)26(32)14-18(3)36-29)15-27(33)31-13-12-22-21-6-4-5-7-24(21)30-25(22)16-31/h4-11,14,17,23,30,34H,12-13,15-16H2,1-3H3. The van der Waals surface area contributed by atoms with Gasteiger partial charge in [0.1, 0.15) is 11.5 Å². The summed E-state index contributed by atoms with van der Waals surface area (Å²) in [6.45, 7) is 6.65. The Bertz CT molecular complexity index is 1470. The highest BCUT2D eigenvalue weighted by molar-refractivity contribution is 5.86. The van der Waals surface area contributed by atoms with Gasteiger partial charge in [-0.2, -0.15) is 0 Å². The van der Waals surface area contributed by atoms with E-state index in [1.165, 1.54) is 17.0 Å². The Kier molecular flexibility index (Phi) is 6.31. The number of nitrogens with zero attached hydrogens (tertiary/aromatic N) is 1. The second-order valence-electron chi connectivity index (χ2n) is 9.62. The molecule has 7 heteroatoms. The highest BCUT2D eigenvalue weighted by Crippen LogP contribution is 2.35. The maximum atomic E-state index is 13.6. The van der Waals surface area contributed by atoms with Crippen molar-refractivity contribution in [2.45, 2.75) is 52.2 Å². The van der Waals surface area contributed by atoms with Gasteiger partial charge in [-0.05, 0) is 56.5 Å². The van der Waals surface area contributed by atoms with E-state index in [1.807, 2.05) is 61.2 Å². The smallest absolute Gasteiger partial charge is 0.227 e. The number of rotatable bonds is 6. The Balaban J connectivity index is 1.45. The maximum absolute atomic E-state index is 13.6. The molecule has 2 aromatic carbocycles. The molecule has 1 atom stereocenters. The largest absolute Gasteiger partial charge is 0.502 e. The molecule has 0 radical (unpaired) electrons. The molecule has 4 aromatic rings. The van der Waals surface area contributed by atoms with Crippen molar-refractivity contribution in [1.82, 2.24) is 9.88 Å². The van der Waals surface area contributed by atoms with Crippen LogP contribution in [0.1, 0.15) is 54.5 Å². The van der Waals surface area contributed by atoms with Crippen molar-refractivity contribution in [2.75, 3.05) is 6.54 Å². The maximum Gasteiger partial charge on any atom is 0.227 e. The number of H-pyrrole nitrogens is 1. The summed E-state index contributed by atoms with van der Waals surface area (Å²) in [5.41, 5.74) is 3.62. The lowest BCUT2D eigenvalue weighted by atomic mass is 9.91. The van der Waals surface area contributed by atoms with Crippen molar-refractivity contribution < 1.29 is 19.1 Å². The van der Waals surface area contributed by atoms with Gasteiger partial charge in [0.15, 0.2) is 5.76 Å². The minimum Gasteiger partial charge on any atom is -0.502 e. The normalized spacial score (nSPS) is 14.2. The minimum absolute atomic E-state index is 0.0284. The molecule has 0 aliphatic carbocycles. The van der Waals surface area contributed by atoms with Gasteiger partial charge in [-0.25, -0.2) is 0 Å². The fourth-order valence-corrected chi connectivity index (χ4v) is 4.98. The fourth-order valence-electron chi connectivity index (χ4n) is 4.98. The number of aryl methyl sites for hydroxylation is 1. The van der Waals surface area contributed by atoms with Crippen LogP contribution in [0.15, 0.2) is 63.8 Å². The predicted octanol–water partition coefficient (Wildman–Crippen LogP) is 5.03. The summed E-state index contributed by atoms with van der Waals surface area (Å²) >= 11 is 0. The van der Waals surface area contributed by atoms with Crippen LogP contribution in [0.25, 0.3) is 10.9 Å².